The molecule has 0 aromatic carbocycles. The van der Waals surface area contributed by atoms with Crippen molar-refractivity contribution in [3.8, 4) is 0 Å². The van der Waals surface area contributed by atoms with Gasteiger partial charge < -0.3 is 15.4 Å². The van der Waals surface area contributed by atoms with E-state index in [9.17, 15) is 4.79 Å². The summed E-state index contributed by atoms with van der Waals surface area (Å²) in [6.07, 6.45) is 1.29. The molecule has 0 aliphatic heterocycles. The van der Waals surface area contributed by atoms with Gasteiger partial charge in [0, 0.05) is 13.1 Å². The van der Waals surface area contributed by atoms with Crippen LogP contribution in [0, 0.1) is 0 Å². The molecule has 1 heterocycles. The minimum absolute atomic E-state index is 0.183. The van der Waals surface area contributed by atoms with E-state index in [-0.39, 0.29) is 6.10 Å². The summed E-state index contributed by atoms with van der Waals surface area (Å²) >= 11 is 0. The number of nitrogens with two attached hydrogens (primary N) is 1. The highest BCUT2D eigenvalue weighted by atomic mass is 16.5. The summed E-state index contributed by atoms with van der Waals surface area (Å²) in [6.45, 7) is 5.00. The number of anilines is 1. The maximum absolute atomic E-state index is 11.9. The molecule has 0 bridgehead atoms. The fraction of sp³-hybridized carbons (Fsp3) is 0.636. The summed E-state index contributed by atoms with van der Waals surface area (Å²) in [4.78, 5) is 13.9. The zero-order valence-electron chi connectivity index (χ0n) is 10.8. The first-order valence-electron chi connectivity index (χ1n) is 5.62. The van der Waals surface area contributed by atoms with Crippen LogP contribution in [0.15, 0.2) is 6.20 Å². The maximum Gasteiger partial charge on any atom is 0.359 e. The van der Waals surface area contributed by atoms with E-state index in [0.29, 0.717) is 24.5 Å². The Labute approximate surface area is 101 Å². The van der Waals surface area contributed by atoms with Gasteiger partial charge in [0.15, 0.2) is 5.69 Å². The van der Waals surface area contributed by atoms with Crippen LogP contribution in [0.25, 0.3) is 0 Å². The Balaban J connectivity index is 2.72. The van der Waals surface area contributed by atoms with Crippen molar-refractivity contribution in [2.24, 2.45) is 0 Å². The van der Waals surface area contributed by atoms with E-state index in [1.165, 1.54) is 6.20 Å². The predicted octanol–water partition coefficient (Wildman–Crippen LogP) is 0.592. The van der Waals surface area contributed by atoms with Crippen LogP contribution < -0.4 is 5.73 Å². The third-order valence-electron chi connectivity index (χ3n) is 2.29. The van der Waals surface area contributed by atoms with Gasteiger partial charge in [0.1, 0.15) is 6.10 Å². The first-order chi connectivity index (χ1) is 7.95. The third-order valence-corrected chi connectivity index (χ3v) is 2.29. The van der Waals surface area contributed by atoms with Gasteiger partial charge in [-0.15, -0.1) is 0 Å². The van der Waals surface area contributed by atoms with Crippen molar-refractivity contribution in [1.29, 1.82) is 0 Å². The SMILES string of the molecule is CCn1ncc(N)c1C(=O)OC(C)CN(C)C. The van der Waals surface area contributed by atoms with Gasteiger partial charge in [-0.05, 0) is 27.9 Å². The number of nitrogens with zero attached hydrogens (tertiary/aromatic N) is 3. The molecule has 6 nitrogen and oxygen atoms in total. The van der Waals surface area contributed by atoms with E-state index in [2.05, 4.69) is 5.10 Å². The van der Waals surface area contributed by atoms with Crippen molar-refractivity contribution in [3.63, 3.8) is 0 Å². The van der Waals surface area contributed by atoms with Gasteiger partial charge in [0.05, 0.1) is 11.9 Å². The molecule has 1 aromatic heterocycles. The van der Waals surface area contributed by atoms with E-state index in [1.54, 1.807) is 4.68 Å². The number of hydrogen-bond acceptors (Lipinski definition) is 5. The van der Waals surface area contributed by atoms with Crippen LogP contribution in [0.4, 0.5) is 5.69 Å². The molecule has 6 heteroatoms. The molecule has 1 rings (SSSR count). The van der Waals surface area contributed by atoms with Gasteiger partial charge in [0.25, 0.3) is 0 Å². The van der Waals surface area contributed by atoms with Crippen molar-refractivity contribution in [2.75, 3.05) is 26.4 Å². The topological polar surface area (TPSA) is 73.4 Å². The van der Waals surface area contributed by atoms with E-state index < -0.39 is 5.97 Å². The van der Waals surface area contributed by atoms with E-state index >= 15 is 0 Å². The number of carbonyl (C=O) groups excluding carboxylic acids is 1. The Morgan fingerprint density at radius 1 is 1.65 bits per heavy atom. The smallest absolute Gasteiger partial charge is 0.359 e. The molecule has 0 fully saturated rings. The quantitative estimate of drug-likeness (QED) is 0.763. The number of nitrogen functional groups attached to an aromatic ring is 1. The van der Waals surface area contributed by atoms with Crippen LogP contribution in [0.2, 0.25) is 0 Å². The van der Waals surface area contributed by atoms with Gasteiger partial charge in [-0.3, -0.25) is 4.68 Å². The Hall–Kier alpha value is -1.56. The van der Waals surface area contributed by atoms with E-state index in [4.69, 9.17) is 10.5 Å². The van der Waals surface area contributed by atoms with Crippen LogP contribution in [-0.2, 0) is 11.3 Å². The van der Waals surface area contributed by atoms with E-state index in [1.807, 2.05) is 32.8 Å². The van der Waals surface area contributed by atoms with Gasteiger partial charge in [0.2, 0.25) is 0 Å². The monoisotopic (exact) mass is 240 g/mol. The van der Waals surface area contributed by atoms with Crippen LogP contribution in [-0.4, -0.2) is 47.4 Å². The largest absolute Gasteiger partial charge is 0.457 e. The second-order valence-electron chi connectivity index (χ2n) is 4.24. The minimum Gasteiger partial charge on any atom is -0.457 e. The molecule has 0 spiro atoms. The van der Waals surface area contributed by atoms with Crippen LogP contribution in [0.5, 0.6) is 0 Å². The molecule has 0 amide bonds. The van der Waals surface area contributed by atoms with Crippen molar-refractivity contribution >= 4 is 11.7 Å². The summed E-state index contributed by atoms with van der Waals surface area (Å²) in [7, 11) is 3.85. The van der Waals surface area contributed by atoms with Crippen LogP contribution in [0.1, 0.15) is 24.3 Å². The summed E-state index contributed by atoms with van der Waals surface area (Å²) in [5.74, 6) is -0.420. The molecule has 0 aliphatic carbocycles. The van der Waals surface area contributed by atoms with E-state index in [0.717, 1.165) is 0 Å². The summed E-state index contributed by atoms with van der Waals surface area (Å²) < 4.78 is 6.85. The molecular formula is C11H20N4O2. The highest BCUT2D eigenvalue weighted by Gasteiger charge is 2.20. The first-order valence-corrected chi connectivity index (χ1v) is 5.62. The average Bonchev–Trinajstić information content (AvgIpc) is 2.57. The van der Waals surface area contributed by atoms with Crippen LogP contribution in [0.3, 0.4) is 0 Å². The number of hydrogen-bond donors (Lipinski definition) is 1. The zero-order chi connectivity index (χ0) is 13.0. The fourth-order valence-corrected chi connectivity index (χ4v) is 1.65. The van der Waals surface area contributed by atoms with Gasteiger partial charge >= 0.3 is 5.97 Å². The number of likely N-dealkylation sites (N-methyl/N-ethyl adjacent to an activating group) is 1. The normalized spacial score (nSPS) is 12.8. The molecule has 0 saturated carbocycles. The van der Waals surface area contributed by atoms with Crippen molar-refractivity contribution in [2.45, 2.75) is 26.5 Å². The van der Waals surface area contributed by atoms with Crippen molar-refractivity contribution in [1.82, 2.24) is 14.7 Å². The summed E-state index contributed by atoms with van der Waals surface area (Å²) in [5, 5.41) is 4.00. The molecule has 17 heavy (non-hydrogen) atoms. The minimum atomic E-state index is -0.420. The lowest BCUT2D eigenvalue weighted by atomic mass is 10.3. The highest BCUT2D eigenvalue weighted by molar-refractivity contribution is 5.93. The lowest BCUT2D eigenvalue weighted by molar-refractivity contribution is 0.0276. The lowest BCUT2D eigenvalue weighted by Gasteiger charge is -2.17. The van der Waals surface area contributed by atoms with Gasteiger partial charge in [-0.25, -0.2) is 4.79 Å². The summed E-state index contributed by atoms with van der Waals surface area (Å²) in [6, 6.07) is 0. The molecule has 1 atom stereocenters. The standard InChI is InChI=1S/C11H20N4O2/c1-5-15-10(9(12)6-13-15)11(16)17-8(2)7-14(3)4/h6,8H,5,7,12H2,1-4H3. The molecule has 0 radical (unpaired) electrons. The Kier molecular flexibility index (Phi) is 4.51. The lowest BCUT2D eigenvalue weighted by Crippen LogP contribution is -2.29. The molecule has 1 unspecified atom stereocenters. The number of aromatic nitrogens is 2. The van der Waals surface area contributed by atoms with Gasteiger partial charge in [-0.2, -0.15) is 5.10 Å². The molecule has 96 valence electrons. The second-order valence-corrected chi connectivity index (χ2v) is 4.24. The highest BCUT2D eigenvalue weighted by Crippen LogP contribution is 2.13. The number of carbonyl (C=O) groups is 1. The number of ether oxygens (including phenoxy) is 1. The third kappa shape index (κ3) is 3.45. The summed E-state index contributed by atoms with van der Waals surface area (Å²) in [5.41, 5.74) is 6.39. The molecule has 0 saturated heterocycles. The Morgan fingerprint density at radius 3 is 2.82 bits per heavy atom. The van der Waals surface area contributed by atoms with Crippen molar-refractivity contribution < 1.29 is 9.53 Å². The first kappa shape index (κ1) is 13.5. The fourth-order valence-electron chi connectivity index (χ4n) is 1.65. The van der Waals surface area contributed by atoms with Crippen molar-refractivity contribution in [3.05, 3.63) is 11.9 Å². The number of esters is 1. The number of aryl methyl sites for hydroxylation is 1. The molecule has 1 aromatic rings. The maximum atomic E-state index is 11.9. The zero-order valence-corrected chi connectivity index (χ0v) is 10.8. The molecule has 0 aliphatic rings. The molecular weight excluding hydrogens is 220 g/mol. The average molecular weight is 240 g/mol. The Morgan fingerprint density at radius 2 is 2.29 bits per heavy atom. The Bertz CT molecular complexity index is 387. The predicted molar refractivity (Wildman–Crippen MR) is 65.7 cm³/mol. The number of rotatable bonds is 5. The molecule has 2 N–H and O–H groups in total. The second kappa shape index (κ2) is 5.67. The van der Waals surface area contributed by atoms with Crippen LogP contribution >= 0.6 is 0 Å². The van der Waals surface area contributed by atoms with Gasteiger partial charge in [-0.1, -0.05) is 0 Å².